The first-order valence-corrected chi connectivity index (χ1v) is 6.49. The van der Waals surface area contributed by atoms with Crippen LogP contribution < -0.4 is 11.3 Å². The SMILES string of the molecule is C=C(C)CCC(NN)c1cccc(C)c1I. The summed E-state index contributed by atoms with van der Waals surface area (Å²) in [6.07, 6.45) is 1.99. The van der Waals surface area contributed by atoms with E-state index in [1.54, 1.807) is 0 Å². The minimum absolute atomic E-state index is 0.212. The molecule has 0 aliphatic heterocycles. The van der Waals surface area contributed by atoms with E-state index in [0.29, 0.717) is 0 Å². The molecule has 1 rings (SSSR count). The van der Waals surface area contributed by atoms with Crippen LogP contribution in [0.4, 0.5) is 0 Å². The standard InChI is InChI=1S/C13H19IN2/c1-9(2)7-8-12(16-15)11-6-4-5-10(3)13(11)14/h4-6,12,16H,1,7-8,15H2,2-3H3. The minimum Gasteiger partial charge on any atom is -0.271 e. The molecule has 3 N–H and O–H groups in total. The largest absolute Gasteiger partial charge is 0.271 e. The lowest BCUT2D eigenvalue weighted by Gasteiger charge is -2.18. The number of aryl methyl sites for hydroxylation is 1. The normalized spacial score (nSPS) is 12.5. The Labute approximate surface area is 111 Å². The molecule has 0 radical (unpaired) electrons. The molecule has 0 fully saturated rings. The lowest BCUT2D eigenvalue weighted by molar-refractivity contribution is 0.513. The Morgan fingerprint density at radius 3 is 2.81 bits per heavy atom. The summed E-state index contributed by atoms with van der Waals surface area (Å²) in [4.78, 5) is 0. The van der Waals surface area contributed by atoms with E-state index in [1.807, 2.05) is 0 Å². The predicted molar refractivity (Wildman–Crippen MR) is 78.0 cm³/mol. The van der Waals surface area contributed by atoms with Gasteiger partial charge in [-0.15, -0.1) is 6.58 Å². The van der Waals surface area contributed by atoms with Crippen LogP contribution in [0.15, 0.2) is 30.4 Å². The fraction of sp³-hybridized carbons (Fsp3) is 0.385. The third kappa shape index (κ3) is 3.57. The number of rotatable bonds is 5. The van der Waals surface area contributed by atoms with Gasteiger partial charge in [-0.3, -0.25) is 11.3 Å². The summed E-state index contributed by atoms with van der Waals surface area (Å²) in [6.45, 7) is 8.10. The first-order chi connectivity index (χ1) is 7.56. The van der Waals surface area contributed by atoms with Crippen LogP contribution in [0.25, 0.3) is 0 Å². The Morgan fingerprint density at radius 2 is 2.25 bits per heavy atom. The highest BCUT2D eigenvalue weighted by molar-refractivity contribution is 14.1. The van der Waals surface area contributed by atoms with E-state index in [1.165, 1.54) is 20.3 Å². The molecule has 0 saturated carbocycles. The maximum atomic E-state index is 5.63. The molecule has 0 spiro atoms. The highest BCUT2D eigenvalue weighted by atomic mass is 127. The molecule has 0 aromatic heterocycles. The summed E-state index contributed by atoms with van der Waals surface area (Å²) in [7, 11) is 0. The van der Waals surface area contributed by atoms with E-state index in [2.05, 4.69) is 66.6 Å². The van der Waals surface area contributed by atoms with Crippen LogP contribution in [-0.2, 0) is 0 Å². The molecule has 1 atom stereocenters. The zero-order valence-electron chi connectivity index (χ0n) is 9.89. The van der Waals surface area contributed by atoms with Crippen LogP contribution in [0, 0.1) is 10.5 Å². The van der Waals surface area contributed by atoms with Gasteiger partial charge in [0.05, 0.1) is 0 Å². The zero-order chi connectivity index (χ0) is 12.1. The van der Waals surface area contributed by atoms with Crippen LogP contribution >= 0.6 is 22.6 Å². The molecule has 0 saturated heterocycles. The molecular weight excluding hydrogens is 311 g/mol. The molecule has 1 aromatic rings. The summed E-state index contributed by atoms with van der Waals surface area (Å²) in [5, 5.41) is 0. The van der Waals surface area contributed by atoms with Crippen LogP contribution in [0.2, 0.25) is 0 Å². The molecule has 1 aromatic carbocycles. The molecule has 16 heavy (non-hydrogen) atoms. The van der Waals surface area contributed by atoms with Gasteiger partial charge in [0.2, 0.25) is 0 Å². The van der Waals surface area contributed by atoms with Crippen molar-refractivity contribution in [1.29, 1.82) is 0 Å². The topological polar surface area (TPSA) is 38.0 Å². The van der Waals surface area contributed by atoms with Gasteiger partial charge in [0.15, 0.2) is 0 Å². The van der Waals surface area contributed by atoms with Gasteiger partial charge in [-0.1, -0.05) is 23.8 Å². The van der Waals surface area contributed by atoms with Crippen LogP contribution in [0.5, 0.6) is 0 Å². The number of allylic oxidation sites excluding steroid dienone is 1. The number of nitrogens with one attached hydrogen (secondary N) is 1. The Morgan fingerprint density at radius 1 is 1.56 bits per heavy atom. The van der Waals surface area contributed by atoms with Gasteiger partial charge in [0.1, 0.15) is 0 Å². The molecule has 0 heterocycles. The summed E-state index contributed by atoms with van der Waals surface area (Å²) in [5.41, 5.74) is 6.67. The van der Waals surface area contributed by atoms with Crippen molar-refractivity contribution in [2.75, 3.05) is 0 Å². The van der Waals surface area contributed by atoms with Crippen molar-refractivity contribution < 1.29 is 0 Å². The van der Waals surface area contributed by atoms with Gasteiger partial charge < -0.3 is 0 Å². The predicted octanol–water partition coefficient (Wildman–Crippen LogP) is 3.46. The van der Waals surface area contributed by atoms with Crippen molar-refractivity contribution in [1.82, 2.24) is 5.43 Å². The smallest absolute Gasteiger partial charge is 0.0473 e. The molecule has 0 aliphatic carbocycles. The average molecular weight is 330 g/mol. The Hall–Kier alpha value is -0.390. The summed E-state index contributed by atoms with van der Waals surface area (Å²) in [6, 6.07) is 6.55. The lowest BCUT2D eigenvalue weighted by Crippen LogP contribution is -2.28. The van der Waals surface area contributed by atoms with E-state index in [9.17, 15) is 0 Å². The number of nitrogens with two attached hydrogens (primary N) is 1. The maximum absolute atomic E-state index is 5.63. The quantitative estimate of drug-likeness (QED) is 0.376. The van der Waals surface area contributed by atoms with Gasteiger partial charge >= 0.3 is 0 Å². The third-order valence-electron chi connectivity index (χ3n) is 2.66. The maximum Gasteiger partial charge on any atom is 0.0473 e. The summed E-state index contributed by atoms with van der Waals surface area (Å²) < 4.78 is 1.30. The molecule has 3 heteroatoms. The van der Waals surface area contributed by atoms with Crippen molar-refractivity contribution >= 4 is 22.6 Å². The van der Waals surface area contributed by atoms with E-state index >= 15 is 0 Å². The molecule has 0 aliphatic rings. The van der Waals surface area contributed by atoms with Crippen molar-refractivity contribution in [3.05, 3.63) is 45.0 Å². The number of halogens is 1. The second-order valence-electron chi connectivity index (χ2n) is 4.19. The van der Waals surface area contributed by atoms with Gasteiger partial charge in [0, 0.05) is 9.61 Å². The van der Waals surface area contributed by atoms with E-state index in [4.69, 9.17) is 5.84 Å². The Kier molecular flexibility index (Phi) is 5.44. The van der Waals surface area contributed by atoms with Gasteiger partial charge in [-0.2, -0.15) is 0 Å². The van der Waals surface area contributed by atoms with Crippen molar-refractivity contribution in [3.8, 4) is 0 Å². The molecule has 0 bridgehead atoms. The summed E-state index contributed by atoms with van der Waals surface area (Å²) >= 11 is 2.38. The number of hydrogen-bond acceptors (Lipinski definition) is 2. The van der Waals surface area contributed by atoms with E-state index in [-0.39, 0.29) is 6.04 Å². The molecule has 0 amide bonds. The van der Waals surface area contributed by atoms with Crippen LogP contribution in [-0.4, -0.2) is 0 Å². The molecule has 1 unspecified atom stereocenters. The van der Waals surface area contributed by atoms with Gasteiger partial charge in [-0.05, 0) is 60.4 Å². The first-order valence-electron chi connectivity index (χ1n) is 5.41. The van der Waals surface area contributed by atoms with Crippen LogP contribution in [0.1, 0.15) is 36.9 Å². The highest BCUT2D eigenvalue weighted by Crippen LogP contribution is 2.26. The second-order valence-corrected chi connectivity index (χ2v) is 5.27. The molecule has 2 nitrogen and oxygen atoms in total. The van der Waals surface area contributed by atoms with Crippen molar-refractivity contribution in [2.45, 2.75) is 32.7 Å². The number of hydrogen-bond donors (Lipinski definition) is 2. The third-order valence-corrected chi connectivity index (χ3v) is 4.13. The fourth-order valence-corrected chi connectivity index (χ4v) is 2.39. The Bertz CT molecular complexity index is 374. The first kappa shape index (κ1) is 13.7. The Balaban J connectivity index is 2.86. The second kappa shape index (κ2) is 6.37. The van der Waals surface area contributed by atoms with E-state index in [0.717, 1.165) is 12.8 Å². The highest BCUT2D eigenvalue weighted by Gasteiger charge is 2.13. The minimum atomic E-state index is 0.212. The molecular formula is C13H19IN2. The van der Waals surface area contributed by atoms with Gasteiger partial charge in [-0.25, -0.2) is 0 Å². The summed E-state index contributed by atoms with van der Waals surface area (Å²) in [5.74, 6) is 5.63. The fourth-order valence-electron chi connectivity index (χ4n) is 1.66. The van der Waals surface area contributed by atoms with Crippen molar-refractivity contribution in [3.63, 3.8) is 0 Å². The van der Waals surface area contributed by atoms with Crippen molar-refractivity contribution in [2.24, 2.45) is 5.84 Å². The lowest BCUT2D eigenvalue weighted by atomic mass is 9.99. The average Bonchev–Trinajstić information content (AvgIpc) is 2.24. The number of hydrazine groups is 1. The monoisotopic (exact) mass is 330 g/mol. The number of benzene rings is 1. The van der Waals surface area contributed by atoms with Crippen LogP contribution in [0.3, 0.4) is 0 Å². The zero-order valence-corrected chi connectivity index (χ0v) is 12.0. The van der Waals surface area contributed by atoms with E-state index < -0.39 is 0 Å². The molecule has 88 valence electrons. The van der Waals surface area contributed by atoms with Gasteiger partial charge in [0.25, 0.3) is 0 Å².